The first kappa shape index (κ1) is 17.0. The summed E-state index contributed by atoms with van der Waals surface area (Å²) >= 11 is 0. The van der Waals surface area contributed by atoms with Gasteiger partial charge in [-0.3, -0.25) is 14.4 Å². The number of hydrogen-bond donors (Lipinski definition) is 1. The maximum atomic E-state index is 12.7. The topological polar surface area (TPSA) is 77.9 Å². The molecule has 2 atom stereocenters. The van der Waals surface area contributed by atoms with Crippen LogP contribution in [0.1, 0.15) is 30.9 Å². The predicted octanol–water partition coefficient (Wildman–Crippen LogP) is 1.53. The third-order valence-corrected chi connectivity index (χ3v) is 4.36. The van der Waals surface area contributed by atoms with E-state index in [0.717, 1.165) is 5.56 Å². The zero-order valence-electron chi connectivity index (χ0n) is 13.4. The van der Waals surface area contributed by atoms with Crippen LogP contribution in [0.2, 0.25) is 0 Å². The zero-order chi connectivity index (χ0) is 17.0. The van der Waals surface area contributed by atoms with Gasteiger partial charge in [-0.2, -0.15) is 0 Å². The third-order valence-electron chi connectivity index (χ3n) is 4.36. The maximum Gasteiger partial charge on any atom is 0.305 e. The van der Waals surface area contributed by atoms with Gasteiger partial charge in [-0.1, -0.05) is 30.3 Å². The summed E-state index contributed by atoms with van der Waals surface area (Å²) in [6.45, 7) is 0.170. The van der Waals surface area contributed by atoms with E-state index in [-0.39, 0.29) is 36.7 Å². The molecule has 2 rings (SSSR count). The van der Waals surface area contributed by atoms with Crippen LogP contribution in [-0.4, -0.2) is 53.3 Å². The summed E-state index contributed by atoms with van der Waals surface area (Å²) in [4.78, 5) is 38.6. The average Bonchev–Trinajstić information content (AvgIpc) is 2.55. The van der Waals surface area contributed by atoms with Crippen molar-refractivity contribution in [2.24, 2.45) is 5.92 Å². The first-order valence-corrected chi connectivity index (χ1v) is 7.69. The van der Waals surface area contributed by atoms with Crippen LogP contribution < -0.4 is 0 Å². The Morgan fingerprint density at radius 1 is 1.30 bits per heavy atom. The van der Waals surface area contributed by atoms with E-state index in [1.807, 2.05) is 30.3 Å². The molecular weight excluding hydrogens is 296 g/mol. The largest absolute Gasteiger partial charge is 0.481 e. The van der Waals surface area contributed by atoms with Gasteiger partial charge in [0.15, 0.2) is 0 Å². The van der Waals surface area contributed by atoms with Gasteiger partial charge in [0.05, 0.1) is 18.4 Å². The van der Waals surface area contributed by atoms with Gasteiger partial charge in [-0.15, -0.1) is 0 Å². The van der Waals surface area contributed by atoms with Crippen molar-refractivity contribution in [3.8, 4) is 0 Å². The van der Waals surface area contributed by atoms with Crippen LogP contribution in [0.3, 0.4) is 0 Å². The summed E-state index contributed by atoms with van der Waals surface area (Å²) in [6.07, 6.45) is 0.738. The summed E-state index contributed by atoms with van der Waals surface area (Å²) in [5.74, 6) is -1.37. The number of carbonyl (C=O) groups excluding carboxylic acids is 2. The van der Waals surface area contributed by atoms with Crippen molar-refractivity contribution in [3.63, 3.8) is 0 Å². The fourth-order valence-corrected chi connectivity index (χ4v) is 3.06. The molecule has 1 aromatic rings. The molecule has 6 heteroatoms. The minimum absolute atomic E-state index is 0.0242. The van der Waals surface area contributed by atoms with Crippen molar-refractivity contribution in [3.05, 3.63) is 35.9 Å². The average molecular weight is 318 g/mol. The Morgan fingerprint density at radius 3 is 2.57 bits per heavy atom. The minimum atomic E-state index is -0.930. The number of aliphatic carboxylic acids is 1. The van der Waals surface area contributed by atoms with Gasteiger partial charge < -0.3 is 14.9 Å². The van der Waals surface area contributed by atoms with Gasteiger partial charge in [0.2, 0.25) is 11.8 Å². The highest BCUT2D eigenvalue weighted by Crippen LogP contribution is 2.36. The molecule has 2 amide bonds. The summed E-state index contributed by atoms with van der Waals surface area (Å²) in [5.41, 5.74) is 0.924. The van der Waals surface area contributed by atoms with E-state index in [2.05, 4.69) is 0 Å². The zero-order valence-corrected chi connectivity index (χ0v) is 13.4. The molecular formula is C17H22N2O4. The number of benzene rings is 1. The van der Waals surface area contributed by atoms with Gasteiger partial charge in [0, 0.05) is 27.1 Å². The SMILES string of the molecule is CN(CCC(=O)O)C(=O)C1CCC(=O)N(C)C1c1ccccc1. The lowest BCUT2D eigenvalue weighted by Crippen LogP contribution is -2.47. The summed E-state index contributed by atoms with van der Waals surface area (Å²) in [7, 11) is 3.33. The number of amides is 2. The molecule has 0 saturated carbocycles. The van der Waals surface area contributed by atoms with E-state index in [1.54, 1.807) is 19.0 Å². The van der Waals surface area contributed by atoms with E-state index in [0.29, 0.717) is 12.8 Å². The first-order valence-electron chi connectivity index (χ1n) is 7.69. The molecule has 1 heterocycles. The molecule has 0 spiro atoms. The lowest BCUT2D eigenvalue weighted by Gasteiger charge is -2.40. The van der Waals surface area contributed by atoms with Crippen LogP contribution in [0.15, 0.2) is 30.3 Å². The Bertz CT molecular complexity index is 588. The highest BCUT2D eigenvalue weighted by molar-refractivity contribution is 5.85. The lowest BCUT2D eigenvalue weighted by atomic mass is 9.83. The summed E-state index contributed by atoms with van der Waals surface area (Å²) < 4.78 is 0. The smallest absolute Gasteiger partial charge is 0.305 e. The molecule has 0 radical (unpaired) electrons. The van der Waals surface area contributed by atoms with Crippen LogP contribution in [0.5, 0.6) is 0 Å². The van der Waals surface area contributed by atoms with Crippen LogP contribution in [0.25, 0.3) is 0 Å². The number of piperidine rings is 1. The molecule has 1 aliphatic rings. The van der Waals surface area contributed by atoms with Crippen molar-refractivity contribution in [1.29, 1.82) is 0 Å². The van der Waals surface area contributed by atoms with Gasteiger partial charge in [-0.25, -0.2) is 0 Å². The van der Waals surface area contributed by atoms with E-state index in [1.165, 1.54) is 4.90 Å². The number of carboxylic acid groups (broad SMARTS) is 1. The molecule has 2 unspecified atom stereocenters. The van der Waals surface area contributed by atoms with Gasteiger partial charge in [0.25, 0.3) is 0 Å². The molecule has 1 fully saturated rings. The molecule has 0 bridgehead atoms. The second kappa shape index (κ2) is 7.26. The van der Waals surface area contributed by atoms with Crippen LogP contribution in [0.4, 0.5) is 0 Å². The second-order valence-corrected chi connectivity index (χ2v) is 5.91. The molecule has 124 valence electrons. The Kier molecular flexibility index (Phi) is 5.36. The lowest BCUT2D eigenvalue weighted by molar-refractivity contribution is -0.146. The monoisotopic (exact) mass is 318 g/mol. The van der Waals surface area contributed by atoms with Crippen molar-refractivity contribution in [1.82, 2.24) is 9.80 Å². The highest BCUT2D eigenvalue weighted by Gasteiger charge is 2.39. The fourth-order valence-electron chi connectivity index (χ4n) is 3.06. The molecule has 1 N–H and O–H groups in total. The molecule has 23 heavy (non-hydrogen) atoms. The van der Waals surface area contributed by atoms with Gasteiger partial charge in [-0.05, 0) is 12.0 Å². The van der Waals surface area contributed by atoms with Gasteiger partial charge in [0.1, 0.15) is 0 Å². The highest BCUT2D eigenvalue weighted by atomic mass is 16.4. The number of carbonyl (C=O) groups is 3. The molecule has 0 aliphatic carbocycles. The van der Waals surface area contributed by atoms with Crippen LogP contribution >= 0.6 is 0 Å². The van der Waals surface area contributed by atoms with Gasteiger partial charge >= 0.3 is 5.97 Å². The van der Waals surface area contributed by atoms with Crippen molar-refractivity contribution >= 4 is 17.8 Å². The molecule has 1 aromatic carbocycles. The van der Waals surface area contributed by atoms with Crippen LogP contribution in [-0.2, 0) is 14.4 Å². The number of rotatable bonds is 5. The number of hydrogen-bond acceptors (Lipinski definition) is 3. The van der Waals surface area contributed by atoms with Crippen molar-refractivity contribution in [2.45, 2.75) is 25.3 Å². The normalized spacial score (nSPS) is 21.1. The van der Waals surface area contributed by atoms with Crippen LogP contribution in [0, 0.1) is 5.92 Å². The molecule has 1 aliphatic heterocycles. The summed E-state index contributed by atoms with van der Waals surface area (Å²) in [5, 5.41) is 8.77. The Labute approximate surface area is 135 Å². The number of likely N-dealkylation sites (tertiary alicyclic amines) is 1. The third kappa shape index (κ3) is 3.88. The Hall–Kier alpha value is -2.37. The molecule has 6 nitrogen and oxygen atoms in total. The number of carboxylic acids is 1. The predicted molar refractivity (Wildman–Crippen MR) is 84.6 cm³/mol. The van der Waals surface area contributed by atoms with E-state index >= 15 is 0 Å². The van der Waals surface area contributed by atoms with E-state index in [9.17, 15) is 14.4 Å². The Balaban J connectivity index is 2.22. The summed E-state index contributed by atoms with van der Waals surface area (Å²) in [6, 6.07) is 9.19. The fraction of sp³-hybridized carbons (Fsp3) is 0.471. The van der Waals surface area contributed by atoms with E-state index in [4.69, 9.17) is 5.11 Å². The first-order chi connectivity index (χ1) is 10.9. The second-order valence-electron chi connectivity index (χ2n) is 5.91. The quantitative estimate of drug-likeness (QED) is 0.893. The molecule has 0 aromatic heterocycles. The minimum Gasteiger partial charge on any atom is -0.481 e. The standard InChI is InChI=1S/C17H22N2O4/c1-18(11-10-15(21)22)17(23)13-8-9-14(20)19(2)16(13)12-6-4-3-5-7-12/h3-7,13,16H,8-11H2,1-2H3,(H,21,22). The number of nitrogens with zero attached hydrogens (tertiary/aromatic N) is 2. The maximum absolute atomic E-state index is 12.7. The van der Waals surface area contributed by atoms with Crippen molar-refractivity contribution < 1.29 is 19.5 Å². The molecule has 1 saturated heterocycles. The Morgan fingerprint density at radius 2 is 1.96 bits per heavy atom. The van der Waals surface area contributed by atoms with Crippen molar-refractivity contribution in [2.75, 3.05) is 20.6 Å². The van der Waals surface area contributed by atoms with E-state index < -0.39 is 5.97 Å².